The second-order valence-corrected chi connectivity index (χ2v) is 6.39. The van der Waals surface area contributed by atoms with E-state index < -0.39 is 0 Å². The fourth-order valence-corrected chi connectivity index (χ4v) is 3.01. The molecule has 1 aliphatic heterocycles. The van der Waals surface area contributed by atoms with Gasteiger partial charge in [-0.25, -0.2) is 0 Å². The van der Waals surface area contributed by atoms with E-state index >= 15 is 0 Å². The summed E-state index contributed by atoms with van der Waals surface area (Å²) in [5.74, 6) is 1.72. The molecule has 1 heterocycles. The van der Waals surface area contributed by atoms with Crippen LogP contribution in [0, 0.1) is 0 Å². The Bertz CT molecular complexity index is 769. The smallest absolute Gasteiger partial charge is 0.187 e. The van der Waals surface area contributed by atoms with E-state index in [-0.39, 0.29) is 18.2 Å². The minimum atomic E-state index is 0. The molecule has 0 saturated carbocycles. The molecule has 5 heteroatoms. The van der Waals surface area contributed by atoms with E-state index in [1.165, 1.54) is 0 Å². The van der Waals surface area contributed by atoms with Crippen LogP contribution in [-0.4, -0.2) is 45.0 Å². The Balaban J connectivity index is 0.00000261. The lowest BCUT2D eigenvalue weighted by Crippen LogP contribution is -2.34. The van der Waals surface area contributed by atoms with Crippen LogP contribution < -0.4 is 9.47 Å². The number of hydrogen-bond donors (Lipinski definition) is 0. The van der Waals surface area contributed by atoms with E-state index in [4.69, 9.17) is 9.47 Å². The summed E-state index contributed by atoms with van der Waals surface area (Å²) in [6.07, 6.45) is 3.92. The summed E-state index contributed by atoms with van der Waals surface area (Å²) >= 11 is 0. The molecule has 27 heavy (non-hydrogen) atoms. The van der Waals surface area contributed by atoms with Crippen LogP contribution in [0.4, 0.5) is 0 Å². The van der Waals surface area contributed by atoms with E-state index in [0.717, 1.165) is 33.8 Å². The maximum Gasteiger partial charge on any atom is 0.187 e. The summed E-state index contributed by atoms with van der Waals surface area (Å²) in [5, 5.41) is 0. The molecule has 1 fully saturated rings. The summed E-state index contributed by atoms with van der Waals surface area (Å²) in [4.78, 5) is 15.1. The maximum atomic E-state index is 12.9. The highest BCUT2D eigenvalue weighted by molar-refractivity contribution is 6.14. The Hall–Kier alpha value is -2.56. The first-order chi connectivity index (χ1) is 12.6. The molecule has 0 amide bonds. The standard InChI is InChI=1S/C22H23NO3.ClH/c1-23-14-18(12-16-4-8-20(25-2)9-5-16)22(24)19(15-23)13-17-6-10-21(26-3)11-7-17;/h4-13H,14-15H2,1-3H3;1H/b18-12+,19-13+;. The number of hydrogen-bond acceptors (Lipinski definition) is 4. The van der Waals surface area contributed by atoms with Gasteiger partial charge < -0.3 is 9.47 Å². The minimum absolute atomic E-state index is 0. The third-order valence-corrected chi connectivity index (χ3v) is 4.38. The normalized spacial score (nSPS) is 17.7. The zero-order valence-corrected chi connectivity index (χ0v) is 16.6. The van der Waals surface area contributed by atoms with E-state index in [1.807, 2.05) is 67.7 Å². The highest BCUT2D eigenvalue weighted by Crippen LogP contribution is 2.23. The molecule has 0 bridgehead atoms. The van der Waals surface area contributed by atoms with Crippen LogP contribution in [0.5, 0.6) is 11.5 Å². The number of Topliss-reactive ketones (excluding diaryl/α,β-unsaturated/α-hetero) is 1. The maximum absolute atomic E-state index is 12.9. The Morgan fingerprint density at radius 2 is 1.15 bits per heavy atom. The number of piperidine rings is 1. The molecule has 1 aliphatic rings. The molecule has 0 unspecified atom stereocenters. The first-order valence-electron chi connectivity index (χ1n) is 8.51. The van der Waals surface area contributed by atoms with Gasteiger partial charge in [-0.2, -0.15) is 0 Å². The number of carbonyl (C=O) groups excluding carboxylic acids is 1. The van der Waals surface area contributed by atoms with Crippen molar-refractivity contribution in [2.75, 3.05) is 34.4 Å². The van der Waals surface area contributed by atoms with Crippen molar-refractivity contribution in [3.05, 3.63) is 70.8 Å². The molecule has 142 valence electrons. The van der Waals surface area contributed by atoms with Crippen LogP contribution in [0.1, 0.15) is 11.1 Å². The SMILES string of the molecule is COc1ccc(/C=C2\CN(C)C/C(=C\c3ccc(OC)cc3)C2=O)cc1.Cl. The fourth-order valence-electron chi connectivity index (χ4n) is 3.01. The van der Waals surface area contributed by atoms with Gasteiger partial charge in [-0.05, 0) is 54.6 Å². The number of likely N-dealkylation sites (tertiary alicyclic amines) is 1. The molecular weight excluding hydrogens is 362 g/mol. The summed E-state index contributed by atoms with van der Waals surface area (Å²) in [5.41, 5.74) is 3.58. The number of rotatable bonds is 4. The topological polar surface area (TPSA) is 38.8 Å². The van der Waals surface area contributed by atoms with E-state index in [9.17, 15) is 4.79 Å². The van der Waals surface area contributed by atoms with Gasteiger partial charge in [0.1, 0.15) is 11.5 Å². The number of nitrogens with zero attached hydrogens (tertiary/aromatic N) is 1. The molecule has 2 aromatic carbocycles. The average molecular weight is 386 g/mol. The number of halogens is 1. The van der Waals surface area contributed by atoms with Gasteiger partial charge in [-0.3, -0.25) is 9.69 Å². The molecule has 2 aromatic rings. The van der Waals surface area contributed by atoms with Gasteiger partial charge >= 0.3 is 0 Å². The number of benzene rings is 2. The largest absolute Gasteiger partial charge is 0.497 e. The highest BCUT2D eigenvalue weighted by atomic mass is 35.5. The Morgan fingerprint density at radius 1 is 0.778 bits per heavy atom. The van der Waals surface area contributed by atoms with Gasteiger partial charge in [0.15, 0.2) is 5.78 Å². The molecule has 4 nitrogen and oxygen atoms in total. The van der Waals surface area contributed by atoms with Crippen molar-refractivity contribution < 1.29 is 14.3 Å². The molecule has 0 spiro atoms. The zero-order valence-electron chi connectivity index (χ0n) is 15.8. The summed E-state index contributed by atoms with van der Waals surface area (Å²) in [6, 6.07) is 15.4. The first kappa shape index (κ1) is 20.7. The van der Waals surface area contributed by atoms with Crippen molar-refractivity contribution in [3.63, 3.8) is 0 Å². The second kappa shape index (κ2) is 9.40. The minimum Gasteiger partial charge on any atom is -0.497 e. The number of likely N-dealkylation sites (N-methyl/N-ethyl adjacent to an activating group) is 1. The van der Waals surface area contributed by atoms with E-state index in [0.29, 0.717) is 13.1 Å². The predicted molar refractivity (Wildman–Crippen MR) is 112 cm³/mol. The molecule has 3 rings (SSSR count). The summed E-state index contributed by atoms with van der Waals surface area (Å²) in [7, 11) is 5.31. The quantitative estimate of drug-likeness (QED) is 0.742. The summed E-state index contributed by atoms with van der Waals surface area (Å²) in [6.45, 7) is 1.29. The molecule has 0 N–H and O–H groups in total. The van der Waals surface area contributed by atoms with Gasteiger partial charge in [0.05, 0.1) is 14.2 Å². The second-order valence-electron chi connectivity index (χ2n) is 6.39. The number of methoxy groups -OCH3 is 2. The van der Waals surface area contributed by atoms with Crippen LogP contribution in [0.15, 0.2) is 59.7 Å². The van der Waals surface area contributed by atoms with Crippen LogP contribution in [0.2, 0.25) is 0 Å². The molecule has 0 aliphatic carbocycles. The lowest BCUT2D eigenvalue weighted by atomic mass is 9.94. The Labute approximate surface area is 166 Å². The van der Waals surface area contributed by atoms with Crippen LogP contribution in [-0.2, 0) is 4.79 Å². The molecule has 0 atom stereocenters. The lowest BCUT2D eigenvalue weighted by Gasteiger charge is -2.26. The van der Waals surface area contributed by atoms with Crippen molar-refractivity contribution in [2.24, 2.45) is 0 Å². The van der Waals surface area contributed by atoms with E-state index in [2.05, 4.69) is 4.90 Å². The molecule has 0 radical (unpaired) electrons. The third kappa shape index (κ3) is 5.22. The molecule has 0 aromatic heterocycles. The van der Waals surface area contributed by atoms with Crippen molar-refractivity contribution in [2.45, 2.75) is 0 Å². The molecular formula is C22H24ClNO3. The van der Waals surface area contributed by atoms with Crippen LogP contribution >= 0.6 is 12.4 Å². The average Bonchev–Trinajstić information content (AvgIpc) is 2.66. The van der Waals surface area contributed by atoms with Crippen molar-refractivity contribution in [1.29, 1.82) is 0 Å². The van der Waals surface area contributed by atoms with Gasteiger partial charge in [-0.1, -0.05) is 24.3 Å². The summed E-state index contributed by atoms with van der Waals surface area (Å²) < 4.78 is 10.4. The monoisotopic (exact) mass is 385 g/mol. The predicted octanol–water partition coefficient (Wildman–Crippen LogP) is 4.11. The first-order valence-corrected chi connectivity index (χ1v) is 8.51. The van der Waals surface area contributed by atoms with Gasteiger partial charge in [0, 0.05) is 24.2 Å². The van der Waals surface area contributed by atoms with Crippen molar-refractivity contribution in [1.82, 2.24) is 4.90 Å². The van der Waals surface area contributed by atoms with E-state index in [1.54, 1.807) is 14.2 Å². The van der Waals surface area contributed by atoms with Crippen molar-refractivity contribution in [3.8, 4) is 11.5 Å². The number of ether oxygens (including phenoxy) is 2. The fraction of sp³-hybridized carbons (Fsp3) is 0.227. The Morgan fingerprint density at radius 3 is 1.48 bits per heavy atom. The Kier molecular flexibility index (Phi) is 7.22. The van der Waals surface area contributed by atoms with Crippen LogP contribution in [0.25, 0.3) is 12.2 Å². The zero-order chi connectivity index (χ0) is 18.5. The van der Waals surface area contributed by atoms with Crippen molar-refractivity contribution >= 4 is 30.3 Å². The number of ketones is 1. The van der Waals surface area contributed by atoms with Gasteiger partial charge in [-0.15, -0.1) is 12.4 Å². The van der Waals surface area contributed by atoms with Crippen LogP contribution in [0.3, 0.4) is 0 Å². The lowest BCUT2D eigenvalue weighted by molar-refractivity contribution is -0.113. The van der Waals surface area contributed by atoms with Gasteiger partial charge in [0.25, 0.3) is 0 Å². The number of carbonyl (C=O) groups is 1. The highest BCUT2D eigenvalue weighted by Gasteiger charge is 2.23. The molecule has 1 saturated heterocycles. The third-order valence-electron chi connectivity index (χ3n) is 4.38. The van der Waals surface area contributed by atoms with Gasteiger partial charge in [0.2, 0.25) is 0 Å².